The Balaban J connectivity index is 1.45. The number of aromatic nitrogens is 3. The van der Waals surface area contributed by atoms with Crippen molar-refractivity contribution in [2.45, 2.75) is 38.4 Å². The van der Waals surface area contributed by atoms with Gasteiger partial charge in [0.2, 0.25) is 0 Å². The number of pyridine rings is 2. The molecule has 1 saturated heterocycles. The lowest BCUT2D eigenvalue weighted by Gasteiger charge is -2.19. The first-order chi connectivity index (χ1) is 14.9. The van der Waals surface area contributed by atoms with Gasteiger partial charge in [0.1, 0.15) is 5.01 Å². The van der Waals surface area contributed by atoms with Gasteiger partial charge in [-0.2, -0.15) is 13.2 Å². The van der Waals surface area contributed by atoms with E-state index >= 15 is 0 Å². The van der Waals surface area contributed by atoms with Gasteiger partial charge in [-0.25, -0.2) is 9.97 Å². The lowest BCUT2D eigenvalue weighted by atomic mass is 9.90. The van der Waals surface area contributed by atoms with Gasteiger partial charge in [0.05, 0.1) is 28.5 Å². The fourth-order valence-electron chi connectivity index (χ4n) is 4.09. The van der Waals surface area contributed by atoms with Crippen molar-refractivity contribution in [2.24, 2.45) is 0 Å². The van der Waals surface area contributed by atoms with Crippen LogP contribution in [0.5, 0.6) is 0 Å². The fraction of sp³-hybridized carbons (Fsp3) is 0.348. The Bertz CT molecular complexity index is 1140. The molecule has 2 unspecified atom stereocenters. The van der Waals surface area contributed by atoms with Crippen LogP contribution in [0.3, 0.4) is 0 Å². The number of allylic oxidation sites excluding steroid dienone is 1. The first-order valence-corrected chi connectivity index (χ1v) is 11.1. The van der Waals surface area contributed by atoms with E-state index in [1.807, 2.05) is 31.2 Å². The smallest absolute Gasteiger partial charge is 0.285 e. The molecule has 5 rings (SSSR count). The van der Waals surface area contributed by atoms with Crippen molar-refractivity contribution in [3.05, 3.63) is 59.7 Å². The molecule has 0 saturated carbocycles. The van der Waals surface area contributed by atoms with E-state index in [2.05, 4.69) is 11.1 Å². The van der Waals surface area contributed by atoms with Crippen LogP contribution in [0.15, 0.2) is 42.7 Å². The minimum atomic E-state index is -4.15. The average molecular weight is 443 g/mol. The summed E-state index contributed by atoms with van der Waals surface area (Å²) in [6.07, 6.45) is 4.16. The van der Waals surface area contributed by atoms with Gasteiger partial charge in [-0.1, -0.05) is 12.1 Å². The van der Waals surface area contributed by atoms with Crippen molar-refractivity contribution in [3.8, 4) is 21.1 Å². The summed E-state index contributed by atoms with van der Waals surface area (Å²) in [5.74, 6) is 0. The van der Waals surface area contributed by atoms with Gasteiger partial charge in [-0.05, 0) is 55.5 Å². The van der Waals surface area contributed by atoms with Crippen LogP contribution < -0.4 is 0 Å². The third kappa shape index (κ3) is 4.41. The highest BCUT2D eigenvalue weighted by atomic mass is 32.1. The molecule has 1 fully saturated rings. The van der Waals surface area contributed by atoms with E-state index in [4.69, 9.17) is 9.97 Å². The topological polar surface area (TPSA) is 41.7 Å². The predicted octanol–water partition coefficient (Wildman–Crippen LogP) is 5.54. The maximum Gasteiger partial charge on any atom is 0.401 e. The summed E-state index contributed by atoms with van der Waals surface area (Å²) >= 11 is 1.58. The molecule has 8 heteroatoms. The van der Waals surface area contributed by atoms with Gasteiger partial charge in [-0.15, -0.1) is 11.3 Å². The molecular formula is C23H21F3N4S. The Labute approximate surface area is 182 Å². The molecule has 3 aromatic rings. The summed E-state index contributed by atoms with van der Waals surface area (Å²) in [5, 5.41) is 0.900. The van der Waals surface area contributed by atoms with Gasteiger partial charge in [0, 0.05) is 30.5 Å². The summed E-state index contributed by atoms with van der Waals surface area (Å²) in [7, 11) is 0. The van der Waals surface area contributed by atoms with Crippen LogP contribution in [0.2, 0.25) is 0 Å². The SMILES string of the molecule is Cc1nc(-c2cccnc2)sc1-c1ccc2c(n1)C(=CC1CN1CC(F)(F)F)CCC2. The maximum absolute atomic E-state index is 12.7. The number of fused-ring (bicyclic) bond motifs is 1. The zero-order valence-corrected chi connectivity index (χ0v) is 17.8. The van der Waals surface area contributed by atoms with Crippen molar-refractivity contribution in [2.75, 3.05) is 13.1 Å². The van der Waals surface area contributed by atoms with Crippen molar-refractivity contribution < 1.29 is 13.2 Å². The third-order valence-electron chi connectivity index (χ3n) is 5.65. The van der Waals surface area contributed by atoms with Crippen LogP contribution in [0.25, 0.3) is 26.7 Å². The summed E-state index contributed by atoms with van der Waals surface area (Å²) in [4.78, 5) is 16.3. The lowest BCUT2D eigenvalue weighted by Crippen LogP contribution is -2.22. The number of thiazole rings is 1. The highest BCUT2D eigenvalue weighted by molar-refractivity contribution is 7.18. The van der Waals surface area contributed by atoms with Gasteiger partial charge in [0.25, 0.3) is 0 Å². The zero-order valence-electron chi connectivity index (χ0n) is 17.0. The van der Waals surface area contributed by atoms with E-state index in [1.165, 1.54) is 10.5 Å². The number of aryl methyl sites for hydroxylation is 2. The molecule has 0 spiro atoms. The standard InChI is InChI=1S/C23H21F3N4S/c1-14-21(31-22(28-14)17-6-3-9-27-11-17)19-8-7-15-4-2-5-16(20(15)29-19)10-18-12-30(18)13-23(24,25)26/h3,6-11,18H,2,4-5,12-13H2,1H3. The molecule has 2 aliphatic rings. The molecule has 0 amide bonds. The van der Waals surface area contributed by atoms with Crippen LogP contribution in [-0.4, -0.2) is 45.2 Å². The Hall–Kier alpha value is -2.58. The van der Waals surface area contributed by atoms with Crippen molar-refractivity contribution in [1.82, 2.24) is 19.9 Å². The monoisotopic (exact) mass is 442 g/mol. The Morgan fingerprint density at radius 2 is 2.06 bits per heavy atom. The van der Waals surface area contributed by atoms with Crippen LogP contribution in [0.4, 0.5) is 13.2 Å². The molecule has 31 heavy (non-hydrogen) atoms. The Kier molecular flexibility index (Phi) is 5.14. The molecule has 1 aliphatic carbocycles. The van der Waals surface area contributed by atoms with Crippen LogP contribution >= 0.6 is 11.3 Å². The van der Waals surface area contributed by atoms with Crippen LogP contribution in [-0.2, 0) is 6.42 Å². The lowest BCUT2D eigenvalue weighted by molar-refractivity contribution is -0.134. The van der Waals surface area contributed by atoms with Crippen LogP contribution in [0, 0.1) is 6.92 Å². The van der Waals surface area contributed by atoms with Gasteiger partial charge < -0.3 is 0 Å². The van der Waals surface area contributed by atoms with Crippen LogP contribution in [0.1, 0.15) is 29.8 Å². The minimum absolute atomic E-state index is 0.143. The molecule has 0 N–H and O–H groups in total. The maximum atomic E-state index is 12.7. The van der Waals surface area contributed by atoms with Gasteiger partial charge >= 0.3 is 6.18 Å². The van der Waals surface area contributed by atoms with Crippen molar-refractivity contribution in [3.63, 3.8) is 0 Å². The predicted molar refractivity (Wildman–Crippen MR) is 116 cm³/mol. The second kappa shape index (κ2) is 7.84. The average Bonchev–Trinajstić information content (AvgIpc) is 3.32. The van der Waals surface area contributed by atoms with E-state index in [-0.39, 0.29) is 6.04 Å². The molecule has 3 aromatic heterocycles. The normalized spacial score (nSPS) is 21.9. The number of hydrogen-bond acceptors (Lipinski definition) is 5. The summed E-state index contributed by atoms with van der Waals surface area (Å²) in [6, 6.07) is 7.87. The van der Waals surface area contributed by atoms with Gasteiger partial charge in [0.15, 0.2) is 0 Å². The molecule has 0 bridgehead atoms. The fourth-order valence-corrected chi connectivity index (χ4v) is 5.11. The molecule has 0 radical (unpaired) electrons. The first kappa shape index (κ1) is 20.3. The number of hydrogen-bond donors (Lipinski definition) is 0. The highest BCUT2D eigenvalue weighted by Gasteiger charge is 2.41. The van der Waals surface area contributed by atoms with E-state index < -0.39 is 12.7 Å². The van der Waals surface area contributed by atoms with E-state index in [0.29, 0.717) is 6.54 Å². The second-order valence-corrected chi connectivity index (χ2v) is 9.04. The Morgan fingerprint density at radius 3 is 2.84 bits per heavy atom. The molecule has 4 heterocycles. The Morgan fingerprint density at radius 1 is 1.19 bits per heavy atom. The van der Waals surface area contributed by atoms with Crippen molar-refractivity contribution in [1.29, 1.82) is 0 Å². The quantitative estimate of drug-likeness (QED) is 0.498. The molecular weight excluding hydrogens is 421 g/mol. The largest absolute Gasteiger partial charge is 0.401 e. The van der Waals surface area contributed by atoms with Crippen molar-refractivity contribution >= 4 is 16.9 Å². The number of halogens is 3. The number of nitrogens with zero attached hydrogens (tertiary/aromatic N) is 4. The first-order valence-electron chi connectivity index (χ1n) is 10.3. The zero-order chi connectivity index (χ0) is 21.6. The number of rotatable bonds is 4. The summed E-state index contributed by atoms with van der Waals surface area (Å²) in [6.45, 7) is 1.59. The van der Waals surface area contributed by atoms with E-state index in [9.17, 15) is 13.2 Å². The molecule has 160 valence electrons. The highest BCUT2D eigenvalue weighted by Crippen LogP contribution is 2.38. The number of alkyl halides is 3. The van der Waals surface area contributed by atoms with Gasteiger partial charge in [-0.3, -0.25) is 9.88 Å². The second-order valence-electron chi connectivity index (χ2n) is 8.04. The molecule has 2 atom stereocenters. The minimum Gasteiger partial charge on any atom is -0.285 e. The summed E-state index contributed by atoms with van der Waals surface area (Å²) < 4.78 is 38.0. The summed E-state index contributed by atoms with van der Waals surface area (Å²) in [5.41, 5.74) is 5.90. The van der Waals surface area contributed by atoms with E-state index in [1.54, 1.807) is 23.7 Å². The molecule has 4 nitrogen and oxygen atoms in total. The van der Waals surface area contributed by atoms with E-state index in [0.717, 1.165) is 57.4 Å². The third-order valence-corrected chi connectivity index (χ3v) is 6.87. The molecule has 1 aliphatic heterocycles. The molecule has 0 aromatic carbocycles.